The lowest BCUT2D eigenvalue weighted by atomic mass is 9.99. The molecule has 3 rings (SSSR count). The lowest BCUT2D eigenvalue weighted by Gasteiger charge is -2.08. The molecule has 2 aromatic heterocycles. The highest BCUT2D eigenvalue weighted by Crippen LogP contribution is 2.35. The number of hydrogen-bond donors (Lipinski definition) is 1. The SMILES string of the molecule is CNc1nnc(-c2cc3c(s2)CCCC3)n1C. The first-order valence-corrected chi connectivity index (χ1v) is 6.80. The van der Waals surface area contributed by atoms with Gasteiger partial charge in [-0.3, -0.25) is 4.57 Å². The molecule has 0 fully saturated rings. The van der Waals surface area contributed by atoms with Crippen LogP contribution in [0.2, 0.25) is 0 Å². The van der Waals surface area contributed by atoms with Crippen LogP contribution in [-0.2, 0) is 19.9 Å². The van der Waals surface area contributed by atoms with Gasteiger partial charge in [-0.25, -0.2) is 0 Å². The largest absolute Gasteiger partial charge is 0.357 e. The van der Waals surface area contributed by atoms with Gasteiger partial charge >= 0.3 is 0 Å². The average molecular weight is 248 g/mol. The number of aromatic nitrogens is 3. The van der Waals surface area contributed by atoms with E-state index in [1.807, 2.05) is 30.0 Å². The van der Waals surface area contributed by atoms with Gasteiger partial charge in [0.25, 0.3) is 0 Å². The summed E-state index contributed by atoms with van der Waals surface area (Å²) in [5, 5.41) is 11.4. The normalized spacial score (nSPS) is 14.7. The first-order valence-electron chi connectivity index (χ1n) is 5.98. The summed E-state index contributed by atoms with van der Waals surface area (Å²) in [6.07, 6.45) is 5.11. The molecule has 0 bridgehead atoms. The maximum atomic E-state index is 4.26. The van der Waals surface area contributed by atoms with E-state index in [9.17, 15) is 0 Å². The van der Waals surface area contributed by atoms with Crippen LogP contribution in [0.25, 0.3) is 10.7 Å². The van der Waals surface area contributed by atoms with Gasteiger partial charge in [-0.2, -0.15) is 0 Å². The van der Waals surface area contributed by atoms with E-state index in [-0.39, 0.29) is 0 Å². The number of aryl methyl sites for hydroxylation is 2. The zero-order valence-corrected chi connectivity index (χ0v) is 11.0. The van der Waals surface area contributed by atoms with E-state index in [2.05, 4.69) is 21.6 Å². The fourth-order valence-corrected chi connectivity index (χ4v) is 3.64. The Morgan fingerprint density at radius 2 is 2.12 bits per heavy atom. The van der Waals surface area contributed by atoms with Crippen LogP contribution in [0, 0.1) is 0 Å². The van der Waals surface area contributed by atoms with E-state index in [0.29, 0.717) is 0 Å². The van der Waals surface area contributed by atoms with Gasteiger partial charge in [0.05, 0.1) is 4.88 Å². The third kappa shape index (κ3) is 1.74. The molecule has 1 aliphatic carbocycles. The van der Waals surface area contributed by atoms with Crippen molar-refractivity contribution < 1.29 is 0 Å². The van der Waals surface area contributed by atoms with Crippen LogP contribution in [0.1, 0.15) is 23.3 Å². The molecule has 4 nitrogen and oxygen atoms in total. The third-order valence-corrected chi connectivity index (χ3v) is 4.55. The summed E-state index contributed by atoms with van der Waals surface area (Å²) in [5.41, 5.74) is 1.52. The number of anilines is 1. The number of fused-ring (bicyclic) bond motifs is 1. The van der Waals surface area contributed by atoms with E-state index in [1.54, 1.807) is 4.88 Å². The number of thiophene rings is 1. The van der Waals surface area contributed by atoms with Crippen LogP contribution in [0.3, 0.4) is 0 Å². The monoisotopic (exact) mass is 248 g/mol. The fourth-order valence-electron chi connectivity index (χ4n) is 2.36. The van der Waals surface area contributed by atoms with Gasteiger partial charge < -0.3 is 5.32 Å². The Balaban J connectivity index is 2.03. The topological polar surface area (TPSA) is 42.7 Å². The fraction of sp³-hybridized carbons (Fsp3) is 0.500. The second kappa shape index (κ2) is 4.14. The Morgan fingerprint density at radius 3 is 2.82 bits per heavy atom. The van der Waals surface area contributed by atoms with Crippen LogP contribution in [-0.4, -0.2) is 21.8 Å². The molecule has 0 unspecified atom stereocenters. The van der Waals surface area contributed by atoms with Crippen LogP contribution in [0.15, 0.2) is 6.07 Å². The van der Waals surface area contributed by atoms with Crippen molar-refractivity contribution in [2.75, 3.05) is 12.4 Å². The van der Waals surface area contributed by atoms with Gasteiger partial charge in [-0.05, 0) is 37.3 Å². The minimum Gasteiger partial charge on any atom is -0.357 e. The van der Waals surface area contributed by atoms with Gasteiger partial charge in [0, 0.05) is 19.0 Å². The molecule has 5 heteroatoms. The smallest absolute Gasteiger partial charge is 0.224 e. The van der Waals surface area contributed by atoms with Crippen molar-refractivity contribution in [3.63, 3.8) is 0 Å². The summed E-state index contributed by atoms with van der Waals surface area (Å²) in [7, 11) is 3.87. The Kier molecular flexibility index (Phi) is 2.63. The van der Waals surface area contributed by atoms with E-state index in [4.69, 9.17) is 0 Å². The maximum Gasteiger partial charge on any atom is 0.224 e. The summed E-state index contributed by atoms with van der Waals surface area (Å²) in [5.74, 6) is 1.78. The van der Waals surface area contributed by atoms with Crippen molar-refractivity contribution in [2.24, 2.45) is 7.05 Å². The zero-order chi connectivity index (χ0) is 11.8. The highest BCUT2D eigenvalue weighted by Gasteiger charge is 2.17. The summed E-state index contributed by atoms with van der Waals surface area (Å²) >= 11 is 1.88. The van der Waals surface area contributed by atoms with Crippen LogP contribution < -0.4 is 5.32 Å². The molecule has 0 spiro atoms. The minimum atomic E-state index is 0.811. The Bertz CT molecular complexity index is 517. The van der Waals surface area contributed by atoms with Gasteiger partial charge in [0.15, 0.2) is 5.82 Å². The lowest BCUT2D eigenvalue weighted by molar-refractivity contribution is 0.697. The highest BCUT2D eigenvalue weighted by atomic mass is 32.1. The predicted octanol–water partition coefficient (Wildman–Crippen LogP) is 2.46. The van der Waals surface area contributed by atoms with Gasteiger partial charge in [-0.1, -0.05) is 0 Å². The maximum absolute atomic E-state index is 4.26. The molecular weight excluding hydrogens is 232 g/mol. The van der Waals surface area contributed by atoms with Crippen LogP contribution in [0.4, 0.5) is 5.95 Å². The molecule has 0 saturated heterocycles. The van der Waals surface area contributed by atoms with E-state index < -0.39 is 0 Å². The predicted molar refractivity (Wildman–Crippen MR) is 70.5 cm³/mol. The van der Waals surface area contributed by atoms with Gasteiger partial charge in [0.1, 0.15) is 0 Å². The summed E-state index contributed by atoms with van der Waals surface area (Å²) in [6, 6.07) is 2.29. The Labute approximate surface area is 105 Å². The molecule has 0 radical (unpaired) electrons. The average Bonchev–Trinajstić information content (AvgIpc) is 2.91. The number of hydrogen-bond acceptors (Lipinski definition) is 4. The molecular formula is C12H16N4S. The second-order valence-corrected chi connectivity index (χ2v) is 5.56. The first kappa shape index (κ1) is 10.8. The molecule has 1 N–H and O–H groups in total. The van der Waals surface area contributed by atoms with Crippen molar-refractivity contribution in [3.8, 4) is 10.7 Å². The summed E-state index contributed by atoms with van der Waals surface area (Å²) in [6.45, 7) is 0. The van der Waals surface area contributed by atoms with Crippen LogP contribution >= 0.6 is 11.3 Å². The zero-order valence-electron chi connectivity index (χ0n) is 10.2. The van der Waals surface area contributed by atoms with Crippen molar-refractivity contribution >= 4 is 17.3 Å². The second-order valence-electron chi connectivity index (χ2n) is 4.42. The highest BCUT2D eigenvalue weighted by molar-refractivity contribution is 7.15. The number of rotatable bonds is 2. The van der Waals surface area contributed by atoms with E-state index in [1.165, 1.54) is 36.1 Å². The van der Waals surface area contributed by atoms with E-state index in [0.717, 1.165) is 11.8 Å². The minimum absolute atomic E-state index is 0.811. The quantitative estimate of drug-likeness (QED) is 0.887. The van der Waals surface area contributed by atoms with Crippen molar-refractivity contribution in [2.45, 2.75) is 25.7 Å². The third-order valence-electron chi connectivity index (χ3n) is 3.32. The molecule has 0 amide bonds. The molecule has 0 aromatic carbocycles. The number of nitrogens with one attached hydrogen (secondary N) is 1. The standard InChI is InChI=1S/C12H16N4S/c1-13-12-15-14-11(16(12)2)10-7-8-5-3-4-6-9(8)17-10/h7H,3-6H2,1-2H3,(H,13,15). The molecule has 0 atom stereocenters. The molecule has 2 heterocycles. The lowest BCUT2D eigenvalue weighted by Crippen LogP contribution is -1.99. The van der Waals surface area contributed by atoms with E-state index >= 15 is 0 Å². The summed E-state index contributed by atoms with van der Waals surface area (Å²) < 4.78 is 2.01. The molecule has 17 heavy (non-hydrogen) atoms. The van der Waals surface area contributed by atoms with Crippen molar-refractivity contribution in [1.82, 2.24) is 14.8 Å². The van der Waals surface area contributed by atoms with Crippen molar-refractivity contribution in [1.29, 1.82) is 0 Å². The number of nitrogens with zero attached hydrogens (tertiary/aromatic N) is 3. The summed E-state index contributed by atoms with van der Waals surface area (Å²) in [4.78, 5) is 2.79. The molecule has 1 aliphatic rings. The van der Waals surface area contributed by atoms with Crippen LogP contribution in [0.5, 0.6) is 0 Å². The first-order chi connectivity index (χ1) is 8.29. The van der Waals surface area contributed by atoms with Gasteiger partial charge in [-0.15, -0.1) is 21.5 Å². The molecule has 2 aromatic rings. The van der Waals surface area contributed by atoms with Crippen molar-refractivity contribution in [3.05, 3.63) is 16.5 Å². The molecule has 0 aliphatic heterocycles. The molecule has 0 saturated carbocycles. The Hall–Kier alpha value is -1.36. The molecule has 90 valence electrons. The Morgan fingerprint density at radius 1 is 1.29 bits per heavy atom. The van der Waals surface area contributed by atoms with Gasteiger partial charge in [0.2, 0.25) is 5.95 Å².